The van der Waals surface area contributed by atoms with Crippen LogP contribution in [0.25, 0.3) is 11.1 Å². The second kappa shape index (κ2) is 7.39. The Labute approximate surface area is 168 Å². The van der Waals surface area contributed by atoms with Crippen LogP contribution in [0.3, 0.4) is 0 Å². The van der Waals surface area contributed by atoms with Gasteiger partial charge in [-0.1, -0.05) is 12.1 Å². The SMILES string of the molecule is O=C(c1cnc(C2CC2)nc1)N1CCCC(c2[nH]ncc2-c2ccc(F)cc2)C1. The van der Waals surface area contributed by atoms with E-state index in [9.17, 15) is 9.18 Å². The number of H-pyrrole nitrogens is 1. The average Bonchev–Trinajstić information content (AvgIpc) is 3.50. The molecule has 3 aromatic rings. The molecule has 1 saturated heterocycles. The molecule has 29 heavy (non-hydrogen) atoms. The van der Waals surface area contributed by atoms with E-state index in [1.807, 2.05) is 4.90 Å². The van der Waals surface area contributed by atoms with Crippen molar-refractivity contribution in [2.24, 2.45) is 0 Å². The van der Waals surface area contributed by atoms with Crippen LogP contribution in [0, 0.1) is 5.82 Å². The smallest absolute Gasteiger partial charge is 0.257 e. The van der Waals surface area contributed by atoms with Gasteiger partial charge in [0, 0.05) is 48.6 Å². The number of benzene rings is 1. The van der Waals surface area contributed by atoms with Crippen LogP contribution in [0.5, 0.6) is 0 Å². The highest BCUT2D eigenvalue weighted by Crippen LogP contribution is 2.38. The summed E-state index contributed by atoms with van der Waals surface area (Å²) in [5.74, 6) is 1.19. The van der Waals surface area contributed by atoms with Gasteiger partial charge < -0.3 is 4.90 Å². The van der Waals surface area contributed by atoms with Gasteiger partial charge in [-0.05, 0) is 43.4 Å². The molecule has 1 unspecified atom stereocenters. The number of aromatic nitrogens is 4. The fourth-order valence-electron chi connectivity index (χ4n) is 4.05. The van der Waals surface area contributed by atoms with Crippen molar-refractivity contribution in [3.05, 3.63) is 65.8 Å². The van der Waals surface area contributed by atoms with Crippen LogP contribution in [-0.2, 0) is 0 Å². The first-order valence-electron chi connectivity index (χ1n) is 10.1. The molecular formula is C22H22FN5O. The van der Waals surface area contributed by atoms with Gasteiger partial charge in [-0.2, -0.15) is 5.10 Å². The van der Waals surface area contributed by atoms with Gasteiger partial charge in [0.1, 0.15) is 11.6 Å². The summed E-state index contributed by atoms with van der Waals surface area (Å²) in [6, 6.07) is 6.42. The Balaban J connectivity index is 1.34. The molecule has 2 aromatic heterocycles. The van der Waals surface area contributed by atoms with Crippen molar-refractivity contribution in [1.82, 2.24) is 25.1 Å². The number of hydrogen-bond acceptors (Lipinski definition) is 4. The molecule has 2 aliphatic rings. The summed E-state index contributed by atoms with van der Waals surface area (Å²) >= 11 is 0. The van der Waals surface area contributed by atoms with Gasteiger partial charge in [0.05, 0.1) is 11.8 Å². The van der Waals surface area contributed by atoms with Crippen molar-refractivity contribution in [1.29, 1.82) is 0 Å². The quantitative estimate of drug-likeness (QED) is 0.732. The number of hydrogen-bond donors (Lipinski definition) is 1. The molecular weight excluding hydrogens is 369 g/mol. The van der Waals surface area contributed by atoms with Gasteiger partial charge in [0.25, 0.3) is 5.91 Å². The van der Waals surface area contributed by atoms with Crippen molar-refractivity contribution in [3.63, 3.8) is 0 Å². The molecule has 1 aromatic carbocycles. The molecule has 1 amide bonds. The minimum atomic E-state index is -0.261. The lowest BCUT2D eigenvalue weighted by molar-refractivity contribution is 0.0705. The van der Waals surface area contributed by atoms with E-state index in [-0.39, 0.29) is 17.6 Å². The molecule has 1 aliphatic heterocycles. The lowest BCUT2D eigenvalue weighted by Gasteiger charge is -2.32. The van der Waals surface area contributed by atoms with Gasteiger partial charge in [0.15, 0.2) is 0 Å². The summed E-state index contributed by atoms with van der Waals surface area (Å²) in [5, 5.41) is 7.32. The lowest BCUT2D eigenvalue weighted by Crippen LogP contribution is -2.39. The van der Waals surface area contributed by atoms with Crippen LogP contribution in [-0.4, -0.2) is 44.1 Å². The maximum absolute atomic E-state index is 13.3. The molecule has 1 saturated carbocycles. The van der Waals surface area contributed by atoms with Gasteiger partial charge in [-0.25, -0.2) is 14.4 Å². The molecule has 7 heteroatoms. The fourth-order valence-corrected chi connectivity index (χ4v) is 4.05. The van der Waals surface area contributed by atoms with E-state index >= 15 is 0 Å². The zero-order valence-corrected chi connectivity index (χ0v) is 16.0. The second-order valence-corrected chi connectivity index (χ2v) is 7.90. The summed E-state index contributed by atoms with van der Waals surface area (Å²) in [5.41, 5.74) is 3.41. The summed E-state index contributed by atoms with van der Waals surface area (Å²) < 4.78 is 13.3. The average molecular weight is 391 g/mol. The zero-order valence-electron chi connectivity index (χ0n) is 16.0. The molecule has 148 valence electrons. The van der Waals surface area contributed by atoms with Crippen LogP contribution >= 0.6 is 0 Å². The number of aromatic amines is 1. The summed E-state index contributed by atoms with van der Waals surface area (Å²) in [4.78, 5) is 23.6. The third kappa shape index (κ3) is 3.64. The topological polar surface area (TPSA) is 74.8 Å². The Morgan fingerprint density at radius 2 is 1.79 bits per heavy atom. The Bertz CT molecular complexity index is 1010. The van der Waals surface area contributed by atoms with Crippen LogP contribution in [0.15, 0.2) is 42.9 Å². The Morgan fingerprint density at radius 1 is 1.03 bits per heavy atom. The van der Waals surface area contributed by atoms with Crippen molar-refractivity contribution < 1.29 is 9.18 Å². The molecule has 0 radical (unpaired) electrons. The number of carbonyl (C=O) groups is 1. The minimum absolute atomic E-state index is 0.0279. The summed E-state index contributed by atoms with van der Waals surface area (Å²) in [6.45, 7) is 1.33. The highest BCUT2D eigenvalue weighted by atomic mass is 19.1. The number of nitrogens with zero attached hydrogens (tertiary/aromatic N) is 4. The lowest BCUT2D eigenvalue weighted by atomic mass is 9.90. The highest BCUT2D eigenvalue weighted by Gasteiger charge is 2.30. The molecule has 1 N–H and O–H groups in total. The van der Waals surface area contributed by atoms with E-state index in [1.165, 1.54) is 12.1 Å². The highest BCUT2D eigenvalue weighted by molar-refractivity contribution is 5.93. The van der Waals surface area contributed by atoms with Crippen molar-refractivity contribution >= 4 is 5.91 Å². The third-order valence-electron chi connectivity index (χ3n) is 5.80. The number of nitrogens with one attached hydrogen (secondary N) is 1. The molecule has 0 spiro atoms. The number of rotatable bonds is 4. The van der Waals surface area contributed by atoms with Crippen molar-refractivity contribution in [3.8, 4) is 11.1 Å². The maximum Gasteiger partial charge on any atom is 0.257 e. The number of likely N-dealkylation sites (tertiary alicyclic amines) is 1. The van der Waals surface area contributed by atoms with E-state index < -0.39 is 0 Å². The molecule has 5 rings (SSSR count). The summed E-state index contributed by atoms with van der Waals surface area (Å²) in [7, 11) is 0. The Hall–Kier alpha value is -3.09. The third-order valence-corrected chi connectivity index (χ3v) is 5.80. The van der Waals surface area contributed by atoms with E-state index in [4.69, 9.17) is 0 Å². The largest absolute Gasteiger partial charge is 0.338 e. The van der Waals surface area contributed by atoms with Crippen LogP contribution in [0.1, 0.15) is 59.4 Å². The maximum atomic E-state index is 13.3. The van der Waals surface area contributed by atoms with Gasteiger partial charge >= 0.3 is 0 Å². The molecule has 3 heterocycles. The molecule has 1 aliphatic carbocycles. The van der Waals surface area contributed by atoms with Crippen molar-refractivity contribution in [2.75, 3.05) is 13.1 Å². The normalized spacial score (nSPS) is 19.3. The van der Waals surface area contributed by atoms with Crippen LogP contribution in [0.4, 0.5) is 4.39 Å². The van der Waals surface area contributed by atoms with E-state index in [0.717, 1.165) is 54.9 Å². The van der Waals surface area contributed by atoms with Crippen LogP contribution in [0.2, 0.25) is 0 Å². The Kier molecular flexibility index (Phi) is 4.58. The molecule has 1 atom stereocenters. The number of piperidine rings is 1. The Morgan fingerprint density at radius 3 is 2.52 bits per heavy atom. The molecule has 6 nitrogen and oxygen atoms in total. The molecule has 2 fully saturated rings. The fraction of sp³-hybridized carbons (Fsp3) is 0.364. The van der Waals surface area contributed by atoms with Gasteiger partial charge in [0.2, 0.25) is 0 Å². The second-order valence-electron chi connectivity index (χ2n) is 7.90. The van der Waals surface area contributed by atoms with E-state index in [1.54, 1.807) is 30.7 Å². The number of carbonyl (C=O) groups excluding carboxylic acids is 1. The summed E-state index contributed by atoms with van der Waals surface area (Å²) in [6.07, 6.45) is 9.26. The van der Waals surface area contributed by atoms with Crippen LogP contribution < -0.4 is 0 Å². The predicted molar refractivity (Wildman–Crippen MR) is 106 cm³/mol. The first kappa shape index (κ1) is 18.0. The first-order valence-corrected chi connectivity index (χ1v) is 10.1. The first-order chi connectivity index (χ1) is 14.2. The number of amides is 1. The van der Waals surface area contributed by atoms with E-state index in [2.05, 4.69) is 20.2 Å². The standard InChI is InChI=1S/C22H22FN5O/c23-18-7-5-14(6-8-18)19-12-26-27-20(19)16-2-1-9-28(13-16)22(29)17-10-24-21(25-11-17)15-3-4-15/h5-8,10-12,15-16H,1-4,9,13H2,(H,26,27). The van der Waals surface area contributed by atoms with E-state index in [0.29, 0.717) is 18.0 Å². The van der Waals surface area contributed by atoms with Gasteiger partial charge in [-0.3, -0.25) is 9.89 Å². The monoisotopic (exact) mass is 391 g/mol. The predicted octanol–water partition coefficient (Wildman–Crippen LogP) is 3.90. The minimum Gasteiger partial charge on any atom is -0.338 e. The zero-order chi connectivity index (χ0) is 19.8. The molecule has 0 bridgehead atoms. The van der Waals surface area contributed by atoms with Crippen molar-refractivity contribution in [2.45, 2.75) is 37.5 Å². The van der Waals surface area contributed by atoms with Gasteiger partial charge in [-0.15, -0.1) is 0 Å². The number of halogens is 1.